The van der Waals surface area contributed by atoms with E-state index < -0.39 is 16.9 Å². The molecule has 0 aliphatic carbocycles. The summed E-state index contributed by atoms with van der Waals surface area (Å²) in [4.78, 5) is 37.4. The molecule has 29 heavy (non-hydrogen) atoms. The predicted octanol–water partition coefficient (Wildman–Crippen LogP) is 3.94. The van der Waals surface area contributed by atoms with Gasteiger partial charge in [-0.3, -0.25) is 24.6 Å². The number of hydrogen-bond acceptors (Lipinski definition) is 5. The van der Waals surface area contributed by atoms with Crippen LogP contribution in [0.5, 0.6) is 0 Å². The van der Waals surface area contributed by atoms with Gasteiger partial charge in [0.15, 0.2) is 0 Å². The first-order chi connectivity index (χ1) is 13.8. The Morgan fingerprint density at radius 1 is 1.14 bits per heavy atom. The third kappa shape index (κ3) is 5.23. The SMILES string of the molecule is O=C(CN1CCCC1C(=O)Nc1cc(Cl)ccc1Cl)Nc1ccccc1[N+](=O)[O-]. The molecule has 8 nitrogen and oxygen atoms in total. The van der Waals surface area contributed by atoms with Crippen LogP contribution in [0.2, 0.25) is 10.0 Å². The Bertz CT molecular complexity index is 954. The highest BCUT2D eigenvalue weighted by Crippen LogP contribution is 2.27. The van der Waals surface area contributed by atoms with Crippen molar-refractivity contribution in [3.63, 3.8) is 0 Å². The molecule has 0 saturated carbocycles. The molecule has 10 heteroatoms. The molecular weight excluding hydrogens is 419 g/mol. The third-order valence-electron chi connectivity index (χ3n) is 4.57. The molecule has 2 amide bonds. The second-order valence-electron chi connectivity index (χ2n) is 6.56. The Morgan fingerprint density at radius 2 is 1.90 bits per heavy atom. The molecule has 1 heterocycles. The summed E-state index contributed by atoms with van der Waals surface area (Å²) < 4.78 is 0. The molecule has 1 unspecified atom stereocenters. The number of para-hydroxylation sites is 2. The van der Waals surface area contributed by atoms with Gasteiger partial charge in [0, 0.05) is 11.1 Å². The second kappa shape index (κ2) is 9.21. The lowest BCUT2D eigenvalue weighted by molar-refractivity contribution is -0.383. The first-order valence-corrected chi connectivity index (χ1v) is 9.64. The van der Waals surface area contributed by atoms with Crippen LogP contribution in [-0.4, -0.2) is 40.8 Å². The number of rotatable bonds is 6. The van der Waals surface area contributed by atoms with Gasteiger partial charge >= 0.3 is 0 Å². The number of likely N-dealkylation sites (tertiary alicyclic amines) is 1. The van der Waals surface area contributed by atoms with Gasteiger partial charge in [0.25, 0.3) is 5.69 Å². The number of anilines is 2. The molecular formula is C19H18Cl2N4O4. The molecule has 1 fully saturated rings. The predicted molar refractivity (Wildman–Crippen MR) is 111 cm³/mol. The largest absolute Gasteiger partial charge is 0.323 e. The molecule has 0 aromatic heterocycles. The number of halogens is 2. The fourth-order valence-electron chi connectivity index (χ4n) is 3.23. The lowest BCUT2D eigenvalue weighted by Gasteiger charge is -2.23. The summed E-state index contributed by atoms with van der Waals surface area (Å²) in [5.74, 6) is -0.718. The summed E-state index contributed by atoms with van der Waals surface area (Å²) in [6, 6.07) is 10.2. The summed E-state index contributed by atoms with van der Waals surface area (Å²) in [5, 5.41) is 17.2. The number of carbonyl (C=O) groups is 2. The van der Waals surface area contributed by atoms with Crippen molar-refractivity contribution >= 4 is 52.1 Å². The highest BCUT2D eigenvalue weighted by atomic mass is 35.5. The summed E-state index contributed by atoms with van der Waals surface area (Å²) in [5.41, 5.74) is 0.334. The molecule has 2 N–H and O–H groups in total. The molecule has 0 bridgehead atoms. The van der Waals surface area contributed by atoms with E-state index in [-0.39, 0.29) is 23.8 Å². The second-order valence-corrected chi connectivity index (χ2v) is 7.41. The van der Waals surface area contributed by atoms with E-state index in [1.807, 2.05) is 0 Å². The Morgan fingerprint density at radius 3 is 2.66 bits per heavy atom. The Hall–Kier alpha value is -2.68. The molecule has 152 valence electrons. The van der Waals surface area contributed by atoms with E-state index in [0.29, 0.717) is 28.7 Å². The molecule has 0 spiro atoms. The smallest absolute Gasteiger partial charge is 0.292 e. The van der Waals surface area contributed by atoms with Crippen molar-refractivity contribution in [3.8, 4) is 0 Å². The zero-order chi connectivity index (χ0) is 21.0. The Balaban J connectivity index is 1.65. The molecule has 0 radical (unpaired) electrons. The maximum Gasteiger partial charge on any atom is 0.292 e. The molecule has 2 aromatic rings. The van der Waals surface area contributed by atoms with Gasteiger partial charge in [-0.2, -0.15) is 0 Å². The van der Waals surface area contributed by atoms with E-state index in [1.54, 1.807) is 29.2 Å². The minimum absolute atomic E-state index is 0.0621. The highest BCUT2D eigenvalue weighted by molar-refractivity contribution is 6.35. The third-order valence-corrected chi connectivity index (χ3v) is 5.14. The molecule has 1 aliphatic rings. The van der Waals surface area contributed by atoms with Gasteiger partial charge in [0.2, 0.25) is 11.8 Å². The van der Waals surface area contributed by atoms with Gasteiger partial charge in [-0.05, 0) is 43.7 Å². The maximum absolute atomic E-state index is 12.7. The fraction of sp³-hybridized carbons (Fsp3) is 0.263. The van der Waals surface area contributed by atoms with Crippen LogP contribution in [0.1, 0.15) is 12.8 Å². The Labute approximate surface area is 176 Å². The zero-order valence-corrected chi connectivity index (χ0v) is 16.7. The fourth-order valence-corrected chi connectivity index (χ4v) is 3.57. The number of nitro groups is 1. The number of carbonyl (C=O) groups excluding carboxylic acids is 2. The van der Waals surface area contributed by atoms with Gasteiger partial charge in [-0.25, -0.2) is 0 Å². The van der Waals surface area contributed by atoms with E-state index >= 15 is 0 Å². The van der Waals surface area contributed by atoms with E-state index in [1.165, 1.54) is 18.2 Å². The summed E-state index contributed by atoms with van der Waals surface area (Å²) in [6.45, 7) is 0.499. The van der Waals surface area contributed by atoms with E-state index in [0.717, 1.165) is 6.42 Å². The summed E-state index contributed by atoms with van der Waals surface area (Å²) in [6.07, 6.45) is 1.34. The van der Waals surface area contributed by atoms with Crippen molar-refractivity contribution in [3.05, 3.63) is 62.6 Å². The summed E-state index contributed by atoms with van der Waals surface area (Å²) in [7, 11) is 0. The average Bonchev–Trinajstić information content (AvgIpc) is 3.13. The number of amides is 2. The Kier molecular flexibility index (Phi) is 6.68. The topological polar surface area (TPSA) is 105 Å². The van der Waals surface area contributed by atoms with Crippen LogP contribution in [0.25, 0.3) is 0 Å². The first-order valence-electron chi connectivity index (χ1n) is 8.88. The standard InChI is InChI=1S/C19H18Cl2N4O4/c20-12-7-8-13(21)15(10-12)23-19(27)17-6-3-9-24(17)11-18(26)22-14-4-1-2-5-16(14)25(28)29/h1-2,4-5,7-8,10,17H,3,6,9,11H2,(H,22,26)(H,23,27). The van der Waals surface area contributed by atoms with Crippen molar-refractivity contribution in [2.75, 3.05) is 23.7 Å². The zero-order valence-electron chi connectivity index (χ0n) is 15.2. The lowest BCUT2D eigenvalue weighted by atomic mass is 10.2. The van der Waals surface area contributed by atoms with Gasteiger partial charge < -0.3 is 10.6 Å². The quantitative estimate of drug-likeness (QED) is 0.526. The van der Waals surface area contributed by atoms with E-state index in [4.69, 9.17) is 23.2 Å². The maximum atomic E-state index is 12.7. The van der Waals surface area contributed by atoms with Gasteiger partial charge in [0.1, 0.15) is 5.69 Å². The van der Waals surface area contributed by atoms with Crippen LogP contribution in [0.15, 0.2) is 42.5 Å². The number of nitrogens with one attached hydrogen (secondary N) is 2. The van der Waals surface area contributed by atoms with Crippen molar-refractivity contribution in [2.45, 2.75) is 18.9 Å². The average molecular weight is 437 g/mol. The number of nitrogens with zero attached hydrogens (tertiary/aromatic N) is 2. The molecule has 2 aromatic carbocycles. The van der Waals surface area contributed by atoms with E-state index in [9.17, 15) is 19.7 Å². The van der Waals surface area contributed by atoms with Gasteiger partial charge in [-0.1, -0.05) is 35.3 Å². The van der Waals surface area contributed by atoms with Crippen LogP contribution in [0.4, 0.5) is 17.1 Å². The lowest BCUT2D eigenvalue weighted by Crippen LogP contribution is -2.43. The molecule has 1 saturated heterocycles. The molecule has 1 aliphatic heterocycles. The highest BCUT2D eigenvalue weighted by Gasteiger charge is 2.32. The van der Waals surface area contributed by atoms with Crippen LogP contribution < -0.4 is 10.6 Å². The first kappa shape index (κ1) is 21.0. The molecule has 1 atom stereocenters. The summed E-state index contributed by atoms with van der Waals surface area (Å²) >= 11 is 12.0. The normalized spacial score (nSPS) is 16.4. The van der Waals surface area contributed by atoms with Crippen molar-refractivity contribution in [1.29, 1.82) is 0 Å². The van der Waals surface area contributed by atoms with Gasteiger partial charge in [-0.15, -0.1) is 0 Å². The van der Waals surface area contributed by atoms with Crippen molar-refractivity contribution < 1.29 is 14.5 Å². The van der Waals surface area contributed by atoms with Crippen LogP contribution in [0.3, 0.4) is 0 Å². The van der Waals surface area contributed by atoms with Crippen molar-refractivity contribution in [1.82, 2.24) is 4.90 Å². The van der Waals surface area contributed by atoms with Crippen LogP contribution in [-0.2, 0) is 9.59 Å². The van der Waals surface area contributed by atoms with Crippen molar-refractivity contribution in [2.24, 2.45) is 0 Å². The number of hydrogen-bond donors (Lipinski definition) is 2. The van der Waals surface area contributed by atoms with E-state index in [2.05, 4.69) is 10.6 Å². The monoisotopic (exact) mass is 436 g/mol. The van der Waals surface area contributed by atoms with Crippen LogP contribution >= 0.6 is 23.2 Å². The molecule has 3 rings (SSSR count). The van der Waals surface area contributed by atoms with Gasteiger partial charge in [0.05, 0.1) is 28.2 Å². The number of nitro benzene ring substituents is 1. The minimum atomic E-state index is -0.559. The minimum Gasteiger partial charge on any atom is -0.323 e. The van der Waals surface area contributed by atoms with Crippen LogP contribution in [0, 0.1) is 10.1 Å². The number of benzene rings is 2.